The molecule has 0 bridgehead atoms. The fourth-order valence-corrected chi connectivity index (χ4v) is 15.2. The van der Waals surface area contributed by atoms with Crippen LogP contribution in [-0.2, 0) is 47.4 Å². The highest BCUT2D eigenvalue weighted by Gasteiger charge is 2.74. The Bertz CT molecular complexity index is 1940. The Kier molecular flexibility index (Phi) is 15.7. The zero-order valence-electron chi connectivity index (χ0n) is 41.9. The van der Waals surface area contributed by atoms with E-state index in [2.05, 4.69) is 33.8 Å². The van der Waals surface area contributed by atoms with E-state index >= 15 is 0 Å². The molecule has 0 unspecified atom stereocenters. The van der Waals surface area contributed by atoms with Gasteiger partial charge in [0.25, 0.3) is 0 Å². The molecule has 418 valence electrons. The monoisotopic (exact) mass is 1050 g/mol. The van der Waals surface area contributed by atoms with Gasteiger partial charge in [0.05, 0.1) is 50.8 Å². The van der Waals surface area contributed by atoms with Crippen LogP contribution in [0.25, 0.3) is 0 Å². The van der Waals surface area contributed by atoms with E-state index in [-0.39, 0.29) is 40.6 Å². The molecule has 3 saturated carbocycles. The normalized spacial score (nSPS) is 57.1. The van der Waals surface area contributed by atoms with Crippen molar-refractivity contribution in [1.29, 1.82) is 0 Å². The molecule has 10 rings (SSSR count). The van der Waals surface area contributed by atoms with Crippen molar-refractivity contribution in [3.8, 4) is 0 Å². The number of ether oxygens (including phenoxy) is 10. The molecule has 13 N–H and O–H groups in total. The summed E-state index contributed by atoms with van der Waals surface area (Å²) in [6.07, 6.45) is -24.8. The van der Waals surface area contributed by atoms with Crippen molar-refractivity contribution in [1.82, 2.24) is 0 Å². The first-order chi connectivity index (χ1) is 34.6. The van der Waals surface area contributed by atoms with Gasteiger partial charge in [-0.25, -0.2) is 0 Å². The Balaban J connectivity index is 0.833. The molecule has 23 heteroatoms. The van der Waals surface area contributed by atoms with Crippen LogP contribution in [0.5, 0.6) is 0 Å². The molecule has 0 aromatic rings. The SMILES string of the molecule is C[C@@H]1CC[C@]2(OC1)O[C@@H]1C[C@]3(O)[C@@H]4CC=C5C[C@H](O[C@H]6O[C@@H](CO)[C@@H](O[C@@H]7O[C@@H](CO)[C@@H](O)[C@@H](O[C@@H]8OC[C@@H](O)[C@@H](O)[C@@H]8O)[C@@H]7O[C@H]7O[C@@H](CO)[C@@H](O)[C@@H](O)[C@H]7O)[C@@H](O)[C@H]6O)CC[C@]5(C)[C@H]4CC[C@]3(C)[C@@H]1[C@H]2C. The third-order valence-corrected chi connectivity index (χ3v) is 19.6. The molecule has 30 atom stereocenters. The maximum atomic E-state index is 13.0. The summed E-state index contributed by atoms with van der Waals surface area (Å²) >= 11 is 0. The molecule has 6 heterocycles. The summed E-state index contributed by atoms with van der Waals surface area (Å²) in [5.41, 5.74) is -0.289. The van der Waals surface area contributed by atoms with Crippen LogP contribution < -0.4 is 0 Å². The van der Waals surface area contributed by atoms with E-state index < -0.39 is 161 Å². The summed E-state index contributed by atoms with van der Waals surface area (Å²) < 4.78 is 61.1. The van der Waals surface area contributed by atoms with Gasteiger partial charge in [-0.2, -0.15) is 0 Å². The standard InChI is InChI=1S/C50H80O23/c1-20-7-12-50(65-18-20)21(2)31-27(73-50)14-49(63)25-6-5-22-13-23(8-10-47(22,3)24(25)9-11-48(31,49)4)66-44-39(62)36(59)40(30(17-53)69-44)70-46-42(72-45-38(61)35(58)33(56)28(15-51)67-45)41(34(57)29(16-52)68-46)71-43-37(60)32(55)26(54)19-64-43/h5,20-21,23-46,51-63H,6-19H2,1-4H3/t20-,21-,23-,24+,25-,26-,27-,28+,29+,30+,31-,32-,33-,34-,35-,36+,37+,38-,39-,40-,41-,42+,43+,44+,45-,46+,47+,48-,49+,50+/m1/s1. The smallest absolute Gasteiger partial charge is 0.187 e. The van der Waals surface area contributed by atoms with Gasteiger partial charge in [0.1, 0.15) is 91.6 Å². The maximum Gasteiger partial charge on any atom is 0.187 e. The molecule has 73 heavy (non-hydrogen) atoms. The van der Waals surface area contributed by atoms with Crippen LogP contribution in [0.15, 0.2) is 11.6 Å². The Hall–Kier alpha value is -1.18. The van der Waals surface area contributed by atoms with Crippen molar-refractivity contribution >= 4 is 0 Å². The number of aliphatic hydroxyl groups excluding tert-OH is 12. The second-order valence-electron chi connectivity index (χ2n) is 23.6. The van der Waals surface area contributed by atoms with Crippen LogP contribution in [0, 0.1) is 40.4 Å². The van der Waals surface area contributed by atoms with Gasteiger partial charge in [0, 0.05) is 30.1 Å². The summed E-state index contributed by atoms with van der Waals surface area (Å²) in [5, 5.41) is 142. The van der Waals surface area contributed by atoms with Crippen molar-refractivity contribution in [3.05, 3.63) is 11.6 Å². The van der Waals surface area contributed by atoms with Crippen molar-refractivity contribution in [2.24, 2.45) is 40.4 Å². The van der Waals surface area contributed by atoms with Crippen LogP contribution in [0.4, 0.5) is 0 Å². The summed E-state index contributed by atoms with van der Waals surface area (Å²) in [7, 11) is 0. The zero-order chi connectivity index (χ0) is 52.3. The summed E-state index contributed by atoms with van der Waals surface area (Å²) in [6, 6.07) is 0. The minimum atomic E-state index is -2.01. The highest BCUT2D eigenvalue weighted by atomic mass is 16.8. The van der Waals surface area contributed by atoms with Gasteiger partial charge in [0.2, 0.25) is 0 Å². The van der Waals surface area contributed by atoms with Crippen LogP contribution in [0.3, 0.4) is 0 Å². The van der Waals surface area contributed by atoms with Crippen LogP contribution in [0.1, 0.15) is 85.5 Å². The zero-order valence-corrected chi connectivity index (χ0v) is 41.9. The summed E-state index contributed by atoms with van der Waals surface area (Å²) in [6.45, 7) is 6.66. The third kappa shape index (κ3) is 9.12. The number of hydrogen-bond acceptors (Lipinski definition) is 23. The molecule has 0 amide bonds. The summed E-state index contributed by atoms with van der Waals surface area (Å²) in [4.78, 5) is 0. The van der Waals surface area contributed by atoms with Crippen molar-refractivity contribution in [2.45, 2.75) is 226 Å². The number of hydrogen-bond donors (Lipinski definition) is 13. The number of fused-ring (bicyclic) bond motifs is 7. The molecule has 1 spiro atoms. The lowest BCUT2D eigenvalue weighted by molar-refractivity contribution is -0.403. The molecule has 0 aromatic carbocycles. The summed E-state index contributed by atoms with van der Waals surface area (Å²) in [5.74, 6) is 0.488. The predicted octanol–water partition coefficient (Wildman–Crippen LogP) is -3.24. The van der Waals surface area contributed by atoms with Gasteiger partial charge in [0.15, 0.2) is 30.9 Å². The lowest BCUT2D eigenvalue weighted by Crippen LogP contribution is -2.68. The Morgan fingerprint density at radius 1 is 0.603 bits per heavy atom. The molecule has 6 aliphatic heterocycles. The van der Waals surface area contributed by atoms with Gasteiger partial charge < -0.3 is 114 Å². The highest BCUT2D eigenvalue weighted by molar-refractivity contribution is 5.30. The molecule has 6 saturated heterocycles. The number of allylic oxidation sites excluding steroid dienone is 1. The Morgan fingerprint density at radius 3 is 1.93 bits per heavy atom. The van der Waals surface area contributed by atoms with Crippen molar-refractivity contribution in [2.75, 3.05) is 33.0 Å². The topological polar surface area (TPSA) is 355 Å². The Labute approximate surface area is 423 Å². The van der Waals surface area contributed by atoms with Gasteiger partial charge in [-0.1, -0.05) is 39.3 Å². The first-order valence-electron chi connectivity index (χ1n) is 26.5. The molecular formula is C50H80O23. The first kappa shape index (κ1) is 55.1. The van der Waals surface area contributed by atoms with E-state index in [4.69, 9.17) is 47.4 Å². The number of aliphatic hydroxyl groups is 13. The van der Waals surface area contributed by atoms with E-state index in [1.165, 1.54) is 5.57 Å². The quantitative estimate of drug-likeness (QED) is 0.0905. The van der Waals surface area contributed by atoms with Crippen LogP contribution in [0.2, 0.25) is 0 Å². The molecule has 9 fully saturated rings. The van der Waals surface area contributed by atoms with Gasteiger partial charge in [-0.15, -0.1) is 0 Å². The second kappa shape index (κ2) is 20.8. The van der Waals surface area contributed by atoms with Gasteiger partial charge in [-0.3, -0.25) is 0 Å². The van der Waals surface area contributed by atoms with Crippen molar-refractivity contribution in [3.63, 3.8) is 0 Å². The van der Waals surface area contributed by atoms with Crippen LogP contribution in [-0.4, -0.2) is 240 Å². The molecule has 0 radical (unpaired) electrons. The van der Waals surface area contributed by atoms with E-state index in [0.29, 0.717) is 38.2 Å². The van der Waals surface area contributed by atoms with E-state index in [1.54, 1.807) is 0 Å². The van der Waals surface area contributed by atoms with E-state index in [0.717, 1.165) is 32.1 Å². The van der Waals surface area contributed by atoms with Gasteiger partial charge >= 0.3 is 0 Å². The fourth-order valence-electron chi connectivity index (χ4n) is 15.2. The third-order valence-electron chi connectivity index (χ3n) is 19.6. The molecule has 4 aliphatic carbocycles. The first-order valence-corrected chi connectivity index (χ1v) is 26.5. The fraction of sp³-hybridized carbons (Fsp3) is 0.960. The maximum absolute atomic E-state index is 13.0. The minimum Gasteiger partial charge on any atom is -0.394 e. The molecule has 10 aliphatic rings. The van der Waals surface area contributed by atoms with E-state index in [1.807, 2.05) is 0 Å². The molecule has 23 nitrogen and oxygen atoms in total. The second-order valence-corrected chi connectivity index (χ2v) is 23.6. The van der Waals surface area contributed by atoms with E-state index in [9.17, 15) is 66.4 Å². The molecular weight excluding hydrogens is 969 g/mol. The minimum absolute atomic E-state index is 0.0326. The van der Waals surface area contributed by atoms with Gasteiger partial charge in [-0.05, 0) is 68.1 Å². The lowest BCUT2D eigenvalue weighted by Gasteiger charge is -2.62. The number of rotatable bonds is 11. The van der Waals surface area contributed by atoms with Crippen molar-refractivity contribution < 1.29 is 114 Å². The predicted molar refractivity (Wildman–Crippen MR) is 244 cm³/mol. The average Bonchev–Trinajstić information content (AvgIpc) is 3.77. The highest BCUT2D eigenvalue weighted by Crippen LogP contribution is 2.72. The molecule has 0 aromatic heterocycles. The lowest BCUT2D eigenvalue weighted by atomic mass is 9.45. The Morgan fingerprint density at radius 2 is 1.23 bits per heavy atom. The average molecular weight is 1050 g/mol. The largest absolute Gasteiger partial charge is 0.394 e. The van der Waals surface area contributed by atoms with Crippen LogP contribution >= 0.6 is 0 Å².